The predicted octanol–water partition coefficient (Wildman–Crippen LogP) is 7.40. The zero-order valence-electron chi connectivity index (χ0n) is 25.9. The van der Waals surface area contributed by atoms with Crippen LogP contribution >= 0.6 is 0 Å². The maximum atomic E-state index is 13.9. The molecule has 0 aromatic heterocycles. The van der Waals surface area contributed by atoms with Crippen molar-refractivity contribution in [3.05, 3.63) is 71.3 Å². The van der Waals surface area contributed by atoms with E-state index in [1.165, 1.54) is 25.0 Å². The smallest absolute Gasteiger partial charge is 0.353 e. The van der Waals surface area contributed by atoms with Gasteiger partial charge in [0.1, 0.15) is 6.23 Å². The Morgan fingerprint density at radius 3 is 2.12 bits per heavy atom. The van der Waals surface area contributed by atoms with E-state index in [-0.39, 0.29) is 35.7 Å². The number of hydrogen-bond acceptors (Lipinski definition) is 4. The first-order valence-electron chi connectivity index (χ1n) is 16.1. The van der Waals surface area contributed by atoms with Crippen molar-refractivity contribution in [3.63, 3.8) is 0 Å². The van der Waals surface area contributed by atoms with E-state index in [4.69, 9.17) is 10.5 Å². The van der Waals surface area contributed by atoms with Crippen molar-refractivity contribution in [2.45, 2.75) is 103 Å². The average Bonchev–Trinajstić information content (AvgIpc) is 3.66. The van der Waals surface area contributed by atoms with Crippen LogP contribution in [0.25, 0.3) is 0 Å². The van der Waals surface area contributed by atoms with Crippen LogP contribution in [0.4, 0.5) is 13.2 Å². The third-order valence-corrected chi connectivity index (χ3v) is 9.87. The summed E-state index contributed by atoms with van der Waals surface area (Å²) in [5.41, 5.74) is 6.94. The van der Waals surface area contributed by atoms with Crippen molar-refractivity contribution in [1.82, 2.24) is 9.80 Å². The van der Waals surface area contributed by atoms with E-state index in [1.54, 1.807) is 12.1 Å². The first-order chi connectivity index (χ1) is 20.4. The van der Waals surface area contributed by atoms with Crippen molar-refractivity contribution < 1.29 is 22.7 Å². The number of amides is 1. The Kier molecular flexibility index (Phi) is 9.89. The second kappa shape index (κ2) is 13.3. The molecule has 2 heterocycles. The molecular weight excluding hydrogens is 551 g/mol. The molecule has 0 spiro atoms. The normalized spacial score (nSPS) is 28.2. The molecule has 0 bridgehead atoms. The van der Waals surface area contributed by atoms with Crippen molar-refractivity contribution in [2.75, 3.05) is 19.6 Å². The molecule has 2 saturated heterocycles. The molecule has 2 aliphatic heterocycles. The molecule has 3 aliphatic rings. The number of epoxide rings is 1. The number of rotatable bonds is 7. The van der Waals surface area contributed by atoms with Crippen LogP contribution in [-0.4, -0.2) is 53.7 Å². The molecule has 1 saturated carbocycles. The van der Waals surface area contributed by atoms with Crippen LogP contribution in [0, 0.1) is 17.3 Å². The Morgan fingerprint density at radius 2 is 1.51 bits per heavy atom. The molecule has 2 aromatic carbocycles. The van der Waals surface area contributed by atoms with E-state index in [1.807, 2.05) is 30.3 Å². The number of alkyl halides is 3. The van der Waals surface area contributed by atoms with Gasteiger partial charge in [0, 0.05) is 32.1 Å². The van der Waals surface area contributed by atoms with Gasteiger partial charge in [-0.2, -0.15) is 13.2 Å². The lowest BCUT2D eigenvalue weighted by molar-refractivity contribution is -0.141. The fourth-order valence-electron chi connectivity index (χ4n) is 7.29. The Bertz CT molecular complexity index is 1200. The predicted molar refractivity (Wildman–Crippen MR) is 163 cm³/mol. The molecule has 2 aromatic rings. The van der Waals surface area contributed by atoms with Gasteiger partial charge in [0.15, 0.2) is 0 Å². The molecule has 1 amide bonds. The largest absolute Gasteiger partial charge is 0.416 e. The number of nitrogens with zero attached hydrogens (tertiary/aromatic N) is 2. The molecule has 8 heteroatoms. The first kappa shape index (κ1) is 32.0. The molecule has 6 atom stereocenters. The zero-order valence-corrected chi connectivity index (χ0v) is 25.9. The van der Waals surface area contributed by atoms with Crippen LogP contribution in [0.1, 0.15) is 94.9 Å². The van der Waals surface area contributed by atoms with Crippen LogP contribution in [-0.2, 0) is 15.7 Å². The van der Waals surface area contributed by atoms with E-state index in [2.05, 4.69) is 30.6 Å². The number of carbonyl (C=O) groups is 1. The number of piperazine rings is 1. The molecule has 0 radical (unpaired) electrons. The topological polar surface area (TPSA) is 62.1 Å². The van der Waals surface area contributed by atoms with Gasteiger partial charge >= 0.3 is 6.18 Å². The SMILES string of the molecule is CC(C)(C)C1CN(C(c2ccccc2)c2ccc(C(F)(F)F)cc2)CCN1C(=O)CC1CCCCC(CC2OC2N)CC1. The molecule has 43 heavy (non-hydrogen) atoms. The number of nitrogens with two attached hydrogens (primary N) is 1. The number of ether oxygens (including phenoxy) is 1. The van der Waals surface area contributed by atoms with Gasteiger partial charge in [-0.25, -0.2) is 0 Å². The van der Waals surface area contributed by atoms with E-state index in [0.29, 0.717) is 37.9 Å². The quantitative estimate of drug-likeness (QED) is 0.337. The van der Waals surface area contributed by atoms with Crippen LogP contribution in [0.15, 0.2) is 54.6 Å². The van der Waals surface area contributed by atoms with Gasteiger partial charge in [-0.15, -0.1) is 0 Å². The average molecular weight is 600 g/mol. The lowest BCUT2D eigenvalue weighted by Crippen LogP contribution is -2.60. The number of carbonyl (C=O) groups excluding carboxylic acids is 1. The highest BCUT2D eigenvalue weighted by Crippen LogP contribution is 2.38. The summed E-state index contributed by atoms with van der Waals surface area (Å²) in [7, 11) is 0. The Balaban J connectivity index is 1.30. The molecular formula is C35H48F3N3O2. The minimum Gasteiger partial charge on any atom is -0.353 e. The van der Waals surface area contributed by atoms with Gasteiger partial charge in [0.25, 0.3) is 0 Å². The Labute approximate surface area is 254 Å². The highest BCUT2D eigenvalue weighted by atomic mass is 19.4. The summed E-state index contributed by atoms with van der Waals surface area (Å²) < 4.78 is 45.5. The summed E-state index contributed by atoms with van der Waals surface area (Å²) in [4.78, 5) is 18.4. The summed E-state index contributed by atoms with van der Waals surface area (Å²) in [5, 5.41) is 0. The first-order valence-corrected chi connectivity index (χ1v) is 16.1. The third-order valence-electron chi connectivity index (χ3n) is 9.87. The molecule has 236 valence electrons. The van der Waals surface area contributed by atoms with E-state index < -0.39 is 11.7 Å². The maximum Gasteiger partial charge on any atom is 0.416 e. The summed E-state index contributed by atoms with van der Waals surface area (Å²) in [6, 6.07) is 15.3. The maximum absolute atomic E-state index is 13.9. The van der Waals surface area contributed by atoms with Gasteiger partial charge in [-0.1, -0.05) is 88.9 Å². The van der Waals surface area contributed by atoms with Crippen molar-refractivity contribution in [3.8, 4) is 0 Å². The van der Waals surface area contributed by atoms with E-state index in [0.717, 1.165) is 43.2 Å². The summed E-state index contributed by atoms with van der Waals surface area (Å²) in [5.74, 6) is 1.26. The Hall–Kier alpha value is -2.42. The summed E-state index contributed by atoms with van der Waals surface area (Å²) in [6.45, 7) is 8.47. The van der Waals surface area contributed by atoms with Crippen molar-refractivity contribution in [1.29, 1.82) is 0 Å². The lowest BCUT2D eigenvalue weighted by atomic mass is 9.80. The third kappa shape index (κ3) is 8.20. The molecule has 3 fully saturated rings. The minimum absolute atomic E-state index is 0.00998. The van der Waals surface area contributed by atoms with Gasteiger partial charge in [-0.3, -0.25) is 9.69 Å². The van der Waals surface area contributed by atoms with Crippen molar-refractivity contribution in [2.24, 2.45) is 23.0 Å². The second-order valence-electron chi connectivity index (χ2n) is 14.1. The van der Waals surface area contributed by atoms with Crippen molar-refractivity contribution >= 4 is 5.91 Å². The van der Waals surface area contributed by atoms with E-state index >= 15 is 0 Å². The van der Waals surface area contributed by atoms with E-state index in [9.17, 15) is 18.0 Å². The molecule has 5 nitrogen and oxygen atoms in total. The van der Waals surface area contributed by atoms with Gasteiger partial charge in [-0.05, 0) is 59.8 Å². The molecule has 2 N–H and O–H groups in total. The molecule has 1 aliphatic carbocycles. The van der Waals surface area contributed by atoms with Gasteiger partial charge in [0.2, 0.25) is 5.91 Å². The summed E-state index contributed by atoms with van der Waals surface area (Å²) in [6.07, 6.45) is 4.27. The highest BCUT2D eigenvalue weighted by molar-refractivity contribution is 5.77. The molecule has 6 unspecified atom stereocenters. The van der Waals surface area contributed by atoms with Crippen LogP contribution < -0.4 is 5.73 Å². The van der Waals surface area contributed by atoms with Crippen LogP contribution in [0.5, 0.6) is 0 Å². The number of benzene rings is 2. The minimum atomic E-state index is -4.37. The van der Waals surface area contributed by atoms with Crippen LogP contribution in [0.3, 0.4) is 0 Å². The Morgan fingerprint density at radius 1 is 0.907 bits per heavy atom. The number of hydrogen-bond donors (Lipinski definition) is 1. The fourth-order valence-corrected chi connectivity index (χ4v) is 7.29. The molecule has 5 rings (SSSR count). The standard InChI is InChI=1S/C35H48F3N3O2/c1-34(2,3)30-23-40(32(26-11-5-4-6-12-26)27-15-17-28(18-16-27)35(36,37)38)19-20-41(30)31(42)22-25-10-8-7-9-24(13-14-25)21-29-33(39)43-29/h4-6,11-12,15-18,24-25,29-30,32-33H,7-10,13-14,19-23,39H2,1-3H3. The van der Waals surface area contributed by atoms with Gasteiger partial charge in [0.05, 0.1) is 17.7 Å². The number of halogens is 3. The fraction of sp³-hybridized carbons (Fsp3) is 0.629. The zero-order chi connectivity index (χ0) is 30.8. The monoisotopic (exact) mass is 599 g/mol. The second-order valence-corrected chi connectivity index (χ2v) is 14.1. The highest BCUT2D eigenvalue weighted by Gasteiger charge is 2.41. The van der Waals surface area contributed by atoms with Crippen LogP contribution in [0.2, 0.25) is 0 Å². The summed E-state index contributed by atoms with van der Waals surface area (Å²) >= 11 is 0. The lowest BCUT2D eigenvalue weighted by Gasteiger charge is -2.49. The van der Waals surface area contributed by atoms with Gasteiger partial charge < -0.3 is 15.4 Å².